The third-order valence-electron chi connectivity index (χ3n) is 3.04. The van der Waals surface area contributed by atoms with Crippen molar-refractivity contribution in [3.05, 3.63) is 22.7 Å². The predicted octanol–water partition coefficient (Wildman–Crippen LogP) is 0.954. The molecule has 0 aliphatic heterocycles. The van der Waals surface area contributed by atoms with Crippen molar-refractivity contribution in [3.8, 4) is 5.69 Å². The number of carboxylic acids is 1. The molecule has 8 nitrogen and oxygen atoms in total. The highest BCUT2D eigenvalue weighted by atomic mass is 32.1. The number of tetrazole rings is 1. The Hall–Kier alpha value is -2.29. The van der Waals surface area contributed by atoms with E-state index in [1.54, 1.807) is 11.4 Å². The van der Waals surface area contributed by atoms with Gasteiger partial charge in [-0.25, -0.2) is 0 Å². The minimum Gasteiger partial charge on any atom is -0.481 e. The number of carbonyl (C=O) groups is 2. The van der Waals surface area contributed by atoms with Gasteiger partial charge >= 0.3 is 5.97 Å². The molecule has 112 valence electrons. The van der Waals surface area contributed by atoms with Crippen LogP contribution >= 0.6 is 11.3 Å². The van der Waals surface area contributed by atoms with Gasteiger partial charge in [-0.15, -0.1) is 16.4 Å². The normalized spacial score (nSPS) is 12.0. The summed E-state index contributed by atoms with van der Waals surface area (Å²) in [7, 11) is 0. The van der Waals surface area contributed by atoms with Crippen LogP contribution in [0.25, 0.3) is 5.69 Å². The number of hydrogen-bond donors (Lipinski definition) is 2. The zero-order valence-corrected chi connectivity index (χ0v) is 12.2. The lowest BCUT2D eigenvalue weighted by Gasteiger charge is -2.13. The summed E-state index contributed by atoms with van der Waals surface area (Å²) in [6.45, 7) is 2.23. The first kappa shape index (κ1) is 15.1. The molecule has 1 amide bonds. The lowest BCUT2D eigenvalue weighted by Crippen LogP contribution is -2.30. The Morgan fingerprint density at radius 2 is 2.33 bits per heavy atom. The molecule has 0 fully saturated rings. The first-order chi connectivity index (χ1) is 10.1. The van der Waals surface area contributed by atoms with E-state index < -0.39 is 5.97 Å². The zero-order chi connectivity index (χ0) is 15.2. The second-order valence-electron chi connectivity index (χ2n) is 4.47. The fourth-order valence-electron chi connectivity index (χ4n) is 1.85. The molecule has 9 heteroatoms. The highest BCUT2D eigenvalue weighted by Gasteiger charge is 2.17. The quantitative estimate of drug-likeness (QED) is 0.788. The fourth-order valence-corrected chi connectivity index (χ4v) is 2.64. The molecule has 0 aliphatic rings. The topological polar surface area (TPSA) is 110 Å². The Morgan fingerprint density at radius 3 is 2.95 bits per heavy atom. The van der Waals surface area contributed by atoms with Gasteiger partial charge < -0.3 is 10.4 Å². The summed E-state index contributed by atoms with van der Waals surface area (Å²) in [5.74, 6) is -1.19. The summed E-state index contributed by atoms with van der Waals surface area (Å²) in [5, 5.41) is 24.2. The Morgan fingerprint density at radius 1 is 1.52 bits per heavy atom. The molecule has 2 rings (SSSR count). The molecule has 0 aromatic carbocycles. The van der Waals surface area contributed by atoms with Gasteiger partial charge in [-0.1, -0.05) is 13.3 Å². The van der Waals surface area contributed by atoms with E-state index in [1.807, 2.05) is 6.92 Å². The van der Waals surface area contributed by atoms with Crippen LogP contribution in [0.4, 0.5) is 0 Å². The minimum absolute atomic E-state index is 0.0427. The summed E-state index contributed by atoms with van der Waals surface area (Å²) < 4.78 is 1.42. The molecule has 21 heavy (non-hydrogen) atoms. The summed E-state index contributed by atoms with van der Waals surface area (Å²) in [5.41, 5.74) is 0.605. The highest BCUT2D eigenvalue weighted by molar-refractivity contribution is 7.12. The van der Waals surface area contributed by atoms with Gasteiger partial charge in [-0.2, -0.15) is 4.68 Å². The number of aliphatic carboxylic acids is 1. The summed E-state index contributed by atoms with van der Waals surface area (Å²) in [6.07, 6.45) is 2.15. The van der Waals surface area contributed by atoms with Crippen LogP contribution in [0.3, 0.4) is 0 Å². The van der Waals surface area contributed by atoms with Crippen molar-refractivity contribution in [2.75, 3.05) is 6.54 Å². The van der Waals surface area contributed by atoms with Crippen molar-refractivity contribution in [3.63, 3.8) is 0 Å². The van der Waals surface area contributed by atoms with Crippen LogP contribution in [0.5, 0.6) is 0 Å². The van der Waals surface area contributed by atoms with E-state index in [-0.39, 0.29) is 18.2 Å². The summed E-state index contributed by atoms with van der Waals surface area (Å²) >= 11 is 1.28. The number of thiophene rings is 1. The highest BCUT2D eigenvalue weighted by Crippen LogP contribution is 2.20. The molecule has 1 unspecified atom stereocenters. The maximum Gasteiger partial charge on any atom is 0.303 e. The lowest BCUT2D eigenvalue weighted by molar-refractivity contribution is -0.138. The smallest absolute Gasteiger partial charge is 0.303 e. The van der Waals surface area contributed by atoms with E-state index in [0.717, 1.165) is 0 Å². The third kappa shape index (κ3) is 3.85. The van der Waals surface area contributed by atoms with Crippen molar-refractivity contribution in [2.24, 2.45) is 5.92 Å². The van der Waals surface area contributed by atoms with E-state index in [1.165, 1.54) is 22.3 Å². The van der Waals surface area contributed by atoms with Crippen LogP contribution in [0.1, 0.15) is 29.4 Å². The second-order valence-corrected chi connectivity index (χ2v) is 5.39. The van der Waals surface area contributed by atoms with E-state index in [9.17, 15) is 9.59 Å². The zero-order valence-electron chi connectivity index (χ0n) is 11.4. The Labute approximate surface area is 124 Å². The van der Waals surface area contributed by atoms with Gasteiger partial charge in [0.15, 0.2) is 0 Å². The molecule has 0 spiro atoms. The van der Waals surface area contributed by atoms with Gasteiger partial charge in [0.2, 0.25) is 0 Å². The van der Waals surface area contributed by atoms with Crippen molar-refractivity contribution < 1.29 is 14.7 Å². The molecule has 2 aromatic heterocycles. The van der Waals surface area contributed by atoms with Crippen molar-refractivity contribution in [1.29, 1.82) is 0 Å². The van der Waals surface area contributed by atoms with Gasteiger partial charge in [0.05, 0.1) is 5.69 Å². The van der Waals surface area contributed by atoms with E-state index in [0.29, 0.717) is 23.5 Å². The molecule has 2 N–H and O–H groups in total. The van der Waals surface area contributed by atoms with Gasteiger partial charge in [0.25, 0.3) is 5.91 Å². The van der Waals surface area contributed by atoms with Crippen molar-refractivity contribution in [2.45, 2.75) is 19.8 Å². The van der Waals surface area contributed by atoms with Crippen LogP contribution < -0.4 is 5.32 Å². The molecular formula is C12H15N5O3S. The van der Waals surface area contributed by atoms with Gasteiger partial charge in [0, 0.05) is 13.0 Å². The number of carboxylic acid groups (broad SMARTS) is 1. The van der Waals surface area contributed by atoms with Crippen LogP contribution in [-0.4, -0.2) is 43.7 Å². The number of rotatable bonds is 7. The van der Waals surface area contributed by atoms with Crippen LogP contribution in [0, 0.1) is 5.92 Å². The third-order valence-corrected chi connectivity index (χ3v) is 3.94. The molecule has 1 atom stereocenters. The maximum absolute atomic E-state index is 12.2. The van der Waals surface area contributed by atoms with Crippen LogP contribution in [-0.2, 0) is 4.79 Å². The minimum atomic E-state index is -0.860. The standard InChI is InChI=1S/C12H15N5O3S/c1-2-8(5-10(18)19)6-13-12(20)11-9(3-4-21-11)17-7-14-15-16-17/h3-4,7-8H,2,5-6H2,1H3,(H,13,20)(H,18,19). The molecule has 0 radical (unpaired) electrons. The molecule has 2 aromatic rings. The maximum atomic E-state index is 12.2. The van der Waals surface area contributed by atoms with Crippen molar-refractivity contribution in [1.82, 2.24) is 25.5 Å². The Bertz CT molecular complexity index is 610. The van der Waals surface area contributed by atoms with Crippen molar-refractivity contribution >= 4 is 23.2 Å². The Kier molecular flexibility index (Phi) is 4.99. The average molecular weight is 309 g/mol. The van der Waals surface area contributed by atoms with Gasteiger partial charge in [-0.3, -0.25) is 9.59 Å². The lowest BCUT2D eigenvalue weighted by atomic mass is 10.0. The second kappa shape index (κ2) is 6.93. The number of hydrogen-bond acceptors (Lipinski definition) is 6. The first-order valence-corrected chi connectivity index (χ1v) is 7.30. The largest absolute Gasteiger partial charge is 0.481 e. The molecule has 2 heterocycles. The van der Waals surface area contributed by atoms with Crippen LogP contribution in [0.15, 0.2) is 17.8 Å². The molecular weight excluding hydrogens is 294 g/mol. The van der Waals surface area contributed by atoms with Gasteiger partial charge in [0.1, 0.15) is 11.2 Å². The fraction of sp³-hybridized carbons (Fsp3) is 0.417. The first-order valence-electron chi connectivity index (χ1n) is 6.42. The number of aromatic nitrogens is 4. The molecule has 0 aliphatic carbocycles. The van der Waals surface area contributed by atoms with Crippen LogP contribution in [0.2, 0.25) is 0 Å². The SMILES string of the molecule is CCC(CNC(=O)c1sccc1-n1cnnn1)CC(=O)O. The van der Waals surface area contributed by atoms with E-state index >= 15 is 0 Å². The van der Waals surface area contributed by atoms with E-state index in [2.05, 4.69) is 20.8 Å². The molecule has 0 bridgehead atoms. The average Bonchev–Trinajstić information content (AvgIpc) is 3.11. The number of amides is 1. The molecule has 0 saturated carbocycles. The molecule has 0 saturated heterocycles. The number of carbonyl (C=O) groups excluding carboxylic acids is 1. The number of nitrogens with zero attached hydrogens (tertiary/aromatic N) is 4. The summed E-state index contributed by atoms with van der Waals surface area (Å²) in [6, 6.07) is 1.75. The monoisotopic (exact) mass is 309 g/mol. The summed E-state index contributed by atoms with van der Waals surface area (Å²) in [4.78, 5) is 23.4. The van der Waals surface area contributed by atoms with Gasteiger partial charge in [-0.05, 0) is 27.8 Å². The number of nitrogens with one attached hydrogen (secondary N) is 1. The predicted molar refractivity (Wildman–Crippen MR) is 75.4 cm³/mol. The Balaban J connectivity index is 2.01. The van der Waals surface area contributed by atoms with E-state index in [4.69, 9.17) is 5.11 Å².